The summed E-state index contributed by atoms with van der Waals surface area (Å²) in [5.74, 6) is 0.799. The van der Waals surface area contributed by atoms with Gasteiger partial charge in [0.1, 0.15) is 0 Å². The zero-order valence-electron chi connectivity index (χ0n) is 8.73. The minimum Gasteiger partial charge on any atom is -0.369 e. The van der Waals surface area contributed by atoms with Gasteiger partial charge in [0.25, 0.3) is 0 Å². The van der Waals surface area contributed by atoms with Gasteiger partial charge in [0.2, 0.25) is 0 Å². The highest BCUT2D eigenvalue weighted by Crippen LogP contribution is 2.62. The topological polar surface area (TPSA) is 9.23 Å². The van der Waals surface area contributed by atoms with Crippen molar-refractivity contribution in [2.45, 2.75) is 32.5 Å². The normalized spacial score (nSPS) is 38.0. The van der Waals surface area contributed by atoms with E-state index in [2.05, 4.69) is 44.2 Å². The maximum absolute atomic E-state index is 6.04. The van der Waals surface area contributed by atoms with Gasteiger partial charge in [-0.1, -0.05) is 44.2 Å². The van der Waals surface area contributed by atoms with Gasteiger partial charge in [-0.05, 0) is 17.9 Å². The van der Waals surface area contributed by atoms with Crippen LogP contribution in [0.2, 0.25) is 0 Å². The van der Waals surface area contributed by atoms with Crippen LogP contribution in [0.15, 0.2) is 30.3 Å². The Balaban J connectivity index is 1.94. The number of ether oxygens (including phenoxy) is 1. The van der Waals surface area contributed by atoms with Crippen LogP contribution in [0.4, 0.5) is 0 Å². The average molecular weight is 188 g/mol. The Morgan fingerprint density at radius 1 is 1.21 bits per heavy atom. The molecule has 1 saturated carbocycles. The third-order valence-electron chi connectivity index (χ3n) is 3.78. The van der Waals surface area contributed by atoms with E-state index in [4.69, 9.17) is 4.74 Å². The standard InChI is InChI=1S/C13H16O/c1-13(2)10-8-11(10)14-12(13)9-6-4-3-5-7-9/h3-7,10-12H,8H2,1-2H3/t10-,11+,12-/m0/s1. The molecule has 1 aromatic rings. The molecular formula is C13H16O. The van der Waals surface area contributed by atoms with Crippen molar-refractivity contribution in [2.75, 3.05) is 0 Å². The second kappa shape index (κ2) is 2.60. The average Bonchev–Trinajstić information content (AvgIpc) is 2.90. The summed E-state index contributed by atoms with van der Waals surface area (Å²) >= 11 is 0. The Labute approximate surface area is 85.1 Å². The molecule has 0 aromatic heterocycles. The number of fused-ring (bicyclic) bond motifs is 1. The van der Waals surface area contributed by atoms with E-state index in [1.807, 2.05) is 0 Å². The molecule has 1 aliphatic carbocycles. The lowest BCUT2D eigenvalue weighted by Gasteiger charge is -2.29. The molecular weight excluding hydrogens is 172 g/mol. The van der Waals surface area contributed by atoms with E-state index in [0.29, 0.717) is 17.6 Å². The quantitative estimate of drug-likeness (QED) is 0.657. The number of benzene rings is 1. The molecule has 0 bridgehead atoms. The highest BCUT2D eigenvalue weighted by molar-refractivity contribution is 5.24. The molecule has 3 atom stereocenters. The van der Waals surface area contributed by atoms with Crippen LogP contribution in [0.3, 0.4) is 0 Å². The van der Waals surface area contributed by atoms with Crippen molar-refractivity contribution in [1.82, 2.24) is 0 Å². The SMILES string of the molecule is CC1(C)[C@H](c2ccccc2)O[C@@H]2C[C@@H]21. The summed E-state index contributed by atoms with van der Waals surface area (Å²) in [5, 5.41) is 0. The highest BCUT2D eigenvalue weighted by atomic mass is 16.5. The summed E-state index contributed by atoms with van der Waals surface area (Å²) in [6.07, 6.45) is 2.14. The maximum atomic E-state index is 6.04. The molecule has 1 heterocycles. The second-order valence-electron chi connectivity index (χ2n) is 5.13. The fourth-order valence-electron chi connectivity index (χ4n) is 2.79. The molecule has 1 heteroatoms. The van der Waals surface area contributed by atoms with Crippen LogP contribution >= 0.6 is 0 Å². The van der Waals surface area contributed by atoms with Crippen LogP contribution in [-0.4, -0.2) is 6.10 Å². The second-order valence-corrected chi connectivity index (χ2v) is 5.13. The van der Waals surface area contributed by atoms with Crippen molar-refractivity contribution in [3.63, 3.8) is 0 Å². The Morgan fingerprint density at radius 3 is 2.50 bits per heavy atom. The van der Waals surface area contributed by atoms with Gasteiger partial charge >= 0.3 is 0 Å². The zero-order chi connectivity index (χ0) is 9.76. The fourth-order valence-corrected chi connectivity index (χ4v) is 2.79. The summed E-state index contributed by atoms with van der Waals surface area (Å²) in [7, 11) is 0. The summed E-state index contributed by atoms with van der Waals surface area (Å²) in [6, 6.07) is 10.6. The Bertz CT molecular complexity index is 342. The van der Waals surface area contributed by atoms with Gasteiger partial charge in [0, 0.05) is 5.41 Å². The monoisotopic (exact) mass is 188 g/mol. The molecule has 14 heavy (non-hydrogen) atoms. The van der Waals surface area contributed by atoms with E-state index >= 15 is 0 Å². The number of hydrogen-bond donors (Lipinski definition) is 0. The minimum atomic E-state index is 0.312. The zero-order valence-corrected chi connectivity index (χ0v) is 8.73. The molecule has 2 aliphatic rings. The van der Waals surface area contributed by atoms with Crippen molar-refractivity contribution in [2.24, 2.45) is 11.3 Å². The van der Waals surface area contributed by atoms with E-state index in [1.165, 1.54) is 12.0 Å². The third-order valence-corrected chi connectivity index (χ3v) is 3.78. The van der Waals surface area contributed by atoms with E-state index in [0.717, 1.165) is 5.92 Å². The molecule has 0 radical (unpaired) electrons. The molecule has 1 aliphatic heterocycles. The van der Waals surface area contributed by atoms with Gasteiger partial charge in [-0.15, -0.1) is 0 Å². The minimum absolute atomic E-state index is 0.312. The van der Waals surface area contributed by atoms with Gasteiger partial charge in [-0.25, -0.2) is 0 Å². The van der Waals surface area contributed by atoms with Crippen molar-refractivity contribution < 1.29 is 4.74 Å². The molecule has 74 valence electrons. The van der Waals surface area contributed by atoms with Crippen LogP contribution < -0.4 is 0 Å². The molecule has 1 saturated heterocycles. The van der Waals surface area contributed by atoms with Gasteiger partial charge in [0.15, 0.2) is 0 Å². The summed E-state index contributed by atoms with van der Waals surface area (Å²) in [5.41, 5.74) is 1.66. The Morgan fingerprint density at radius 2 is 1.93 bits per heavy atom. The van der Waals surface area contributed by atoms with Crippen LogP contribution in [0.1, 0.15) is 31.9 Å². The Hall–Kier alpha value is -0.820. The molecule has 0 spiro atoms. The first-order valence-corrected chi connectivity index (χ1v) is 5.40. The number of rotatable bonds is 1. The van der Waals surface area contributed by atoms with Crippen LogP contribution in [0.5, 0.6) is 0 Å². The summed E-state index contributed by atoms with van der Waals surface area (Å²) in [6.45, 7) is 4.67. The predicted molar refractivity (Wildman–Crippen MR) is 55.9 cm³/mol. The van der Waals surface area contributed by atoms with Crippen LogP contribution in [0.25, 0.3) is 0 Å². The van der Waals surface area contributed by atoms with Crippen molar-refractivity contribution >= 4 is 0 Å². The van der Waals surface area contributed by atoms with Crippen molar-refractivity contribution in [1.29, 1.82) is 0 Å². The van der Waals surface area contributed by atoms with Gasteiger partial charge in [-0.3, -0.25) is 0 Å². The van der Waals surface area contributed by atoms with Crippen LogP contribution in [0, 0.1) is 11.3 Å². The lowest BCUT2D eigenvalue weighted by molar-refractivity contribution is 0.0187. The van der Waals surface area contributed by atoms with Gasteiger partial charge < -0.3 is 4.74 Å². The first-order valence-electron chi connectivity index (χ1n) is 5.40. The molecule has 3 rings (SSSR count). The van der Waals surface area contributed by atoms with E-state index in [1.54, 1.807) is 0 Å². The molecule has 2 fully saturated rings. The van der Waals surface area contributed by atoms with Crippen LogP contribution in [-0.2, 0) is 4.74 Å². The first-order chi connectivity index (χ1) is 6.69. The van der Waals surface area contributed by atoms with Gasteiger partial charge in [-0.2, -0.15) is 0 Å². The summed E-state index contributed by atoms with van der Waals surface area (Å²) in [4.78, 5) is 0. The lowest BCUT2D eigenvalue weighted by atomic mass is 9.79. The molecule has 0 unspecified atom stereocenters. The predicted octanol–water partition coefficient (Wildman–Crippen LogP) is 3.17. The highest BCUT2D eigenvalue weighted by Gasteiger charge is 2.60. The molecule has 1 aromatic carbocycles. The molecule has 0 amide bonds. The lowest BCUT2D eigenvalue weighted by Crippen LogP contribution is -2.21. The number of hydrogen-bond acceptors (Lipinski definition) is 1. The largest absolute Gasteiger partial charge is 0.369 e. The fraction of sp³-hybridized carbons (Fsp3) is 0.538. The summed E-state index contributed by atoms with van der Waals surface area (Å²) < 4.78 is 6.04. The van der Waals surface area contributed by atoms with E-state index in [-0.39, 0.29) is 0 Å². The third kappa shape index (κ3) is 1.05. The van der Waals surface area contributed by atoms with E-state index in [9.17, 15) is 0 Å². The first kappa shape index (κ1) is 8.49. The maximum Gasteiger partial charge on any atom is 0.0883 e. The smallest absolute Gasteiger partial charge is 0.0883 e. The molecule has 1 nitrogen and oxygen atoms in total. The van der Waals surface area contributed by atoms with Gasteiger partial charge in [0.05, 0.1) is 12.2 Å². The Kier molecular flexibility index (Phi) is 1.58. The molecule has 0 N–H and O–H groups in total. The van der Waals surface area contributed by atoms with E-state index < -0.39 is 0 Å². The van der Waals surface area contributed by atoms with Crippen molar-refractivity contribution in [3.8, 4) is 0 Å². The van der Waals surface area contributed by atoms with Crippen molar-refractivity contribution in [3.05, 3.63) is 35.9 Å².